The minimum Gasteiger partial charge on any atom is -0.481 e. The number of aliphatic carboxylic acids is 1. The van der Waals surface area contributed by atoms with Crippen molar-refractivity contribution in [1.82, 2.24) is 0 Å². The van der Waals surface area contributed by atoms with Gasteiger partial charge in [0.2, 0.25) is 0 Å². The van der Waals surface area contributed by atoms with Crippen LogP contribution in [0.4, 0.5) is 0 Å². The SMILES string of the molecule is CC(CCc1ccc(Cl)cc1)CC(=O)O. The second-order valence-corrected chi connectivity index (χ2v) is 4.30. The molecule has 82 valence electrons. The summed E-state index contributed by atoms with van der Waals surface area (Å²) in [7, 11) is 0. The molecular formula is C12H15ClO2. The molecule has 0 aliphatic heterocycles. The van der Waals surface area contributed by atoms with E-state index >= 15 is 0 Å². The molecule has 0 amide bonds. The van der Waals surface area contributed by atoms with Crippen LogP contribution in [-0.2, 0) is 11.2 Å². The quantitative estimate of drug-likeness (QED) is 0.836. The lowest BCUT2D eigenvalue weighted by Crippen LogP contribution is -2.05. The second kappa shape index (κ2) is 5.76. The molecule has 1 rings (SSSR count). The molecule has 1 unspecified atom stereocenters. The minimum atomic E-state index is -0.724. The number of hydrogen-bond acceptors (Lipinski definition) is 1. The van der Waals surface area contributed by atoms with Crippen LogP contribution in [0.5, 0.6) is 0 Å². The first-order valence-corrected chi connectivity index (χ1v) is 5.42. The van der Waals surface area contributed by atoms with E-state index in [1.807, 2.05) is 31.2 Å². The van der Waals surface area contributed by atoms with E-state index in [2.05, 4.69) is 0 Å². The largest absolute Gasteiger partial charge is 0.481 e. The van der Waals surface area contributed by atoms with Gasteiger partial charge in [-0.25, -0.2) is 0 Å². The van der Waals surface area contributed by atoms with E-state index in [0.29, 0.717) is 0 Å². The highest BCUT2D eigenvalue weighted by Gasteiger charge is 2.07. The first-order chi connectivity index (χ1) is 7.08. The molecular weight excluding hydrogens is 212 g/mol. The number of rotatable bonds is 5. The van der Waals surface area contributed by atoms with Gasteiger partial charge in [-0.1, -0.05) is 30.7 Å². The fourth-order valence-corrected chi connectivity index (χ4v) is 1.59. The predicted molar refractivity (Wildman–Crippen MR) is 61.2 cm³/mol. The van der Waals surface area contributed by atoms with Gasteiger partial charge in [0, 0.05) is 11.4 Å². The van der Waals surface area contributed by atoms with Gasteiger partial charge in [-0.05, 0) is 36.5 Å². The van der Waals surface area contributed by atoms with E-state index < -0.39 is 5.97 Å². The van der Waals surface area contributed by atoms with Crippen LogP contribution >= 0.6 is 11.6 Å². The molecule has 2 nitrogen and oxygen atoms in total. The summed E-state index contributed by atoms with van der Waals surface area (Å²) in [4.78, 5) is 10.4. The van der Waals surface area contributed by atoms with Gasteiger partial charge in [-0.15, -0.1) is 0 Å². The molecule has 1 atom stereocenters. The van der Waals surface area contributed by atoms with Crippen LogP contribution in [0.15, 0.2) is 24.3 Å². The third-order valence-corrected chi connectivity index (χ3v) is 2.61. The highest BCUT2D eigenvalue weighted by molar-refractivity contribution is 6.30. The lowest BCUT2D eigenvalue weighted by molar-refractivity contribution is -0.138. The molecule has 1 aromatic rings. The van der Waals surface area contributed by atoms with Gasteiger partial charge in [-0.3, -0.25) is 4.79 Å². The van der Waals surface area contributed by atoms with E-state index in [0.717, 1.165) is 17.9 Å². The van der Waals surface area contributed by atoms with E-state index in [1.165, 1.54) is 5.56 Å². The third kappa shape index (κ3) is 4.84. The van der Waals surface area contributed by atoms with Crippen LogP contribution in [0.1, 0.15) is 25.3 Å². The topological polar surface area (TPSA) is 37.3 Å². The van der Waals surface area contributed by atoms with Gasteiger partial charge in [-0.2, -0.15) is 0 Å². The Morgan fingerprint density at radius 2 is 2.00 bits per heavy atom. The number of hydrogen-bond donors (Lipinski definition) is 1. The Hall–Kier alpha value is -1.02. The van der Waals surface area contributed by atoms with Crippen LogP contribution in [0.25, 0.3) is 0 Å². The van der Waals surface area contributed by atoms with Crippen LogP contribution < -0.4 is 0 Å². The average molecular weight is 227 g/mol. The number of carbonyl (C=O) groups is 1. The normalized spacial score (nSPS) is 12.4. The number of aryl methyl sites for hydroxylation is 1. The molecule has 0 bridgehead atoms. The van der Waals surface area contributed by atoms with Crippen molar-refractivity contribution in [2.75, 3.05) is 0 Å². The number of halogens is 1. The van der Waals surface area contributed by atoms with Gasteiger partial charge in [0.15, 0.2) is 0 Å². The third-order valence-electron chi connectivity index (χ3n) is 2.36. The van der Waals surface area contributed by atoms with Gasteiger partial charge < -0.3 is 5.11 Å². The summed E-state index contributed by atoms with van der Waals surface area (Å²) in [6, 6.07) is 7.68. The Bertz CT molecular complexity index is 319. The molecule has 0 heterocycles. The summed E-state index contributed by atoms with van der Waals surface area (Å²) in [5.74, 6) is -0.503. The van der Waals surface area contributed by atoms with E-state index in [9.17, 15) is 4.79 Å². The van der Waals surface area contributed by atoms with Crippen molar-refractivity contribution >= 4 is 17.6 Å². The molecule has 3 heteroatoms. The average Bonchev–Trinajstić information content (AvgIpc) is 2.16. The Morgan fingerprint density at radius 1 is 1.40 bits per heavy atom. The van der Waals surface area contributed by atoms with Gasteiger partial charge in [0.1, 0.15) is 0 Å². The van der Waals surface area contributed by atoms with Gasteiger partial charge in [0.05, 0.1) is 0 Å². The monoisotopic (exact) mass is 226 g/mol. The maximum atomic E-state index is 10.4. The van der Waals surface area contributed by atoms with Crippen LogP contribution in [-0.4, -0.2) is 11.1 Å². The minimum absolute atomic E-state index is 0.221. The molecule has 1 aromatic carbocycles. The molecule has 0 fully saturated rings. The highest BCUT2D eigenvalue weighted by Crippen LogP contribution is 2.15. The van der Waals surface area contributed by atoms with Crippen LogP contribution in [0, 0.1) is 5.92 Å². The van der Waals surface area contributed by atoms with Crippen LogP contribution in [0.2, 0.25) is 5.02 Å². The predicted octanol–water partition coefficient (Wildman–Crippen LogP) is 3.38. The molecule has 0 aliphatic carbocycles. The Balaban J connectivity index is 2.36. The molecule has 0 aliphatic rings. The zero-order valence-corrected chi connectivity index (χ0v) is 9.50. The fraction of sp³-hybridized carbons (Fsp3) is 0.417. The molecule has 0 aromatic heterocycles. The van der Waals surface area contributed by atoms with Gasteiger partial charge >= 0.3 is 5.97 Å². The molecule has 0 saturated carbocycles. The van der Waals surface area contributed by atoms with E-state index in [4.69, 9.17) is 16.7 Å². The lowest BCUT2D eigenvalue weighted by Gasteiger charge is -2.08. The van der Waals surface area contributed by atoms with Gasteiger partial charge in [0.25, 0.3) is 0 Å². The Kier molecular flexibility index (Phi) is 4.63. The summed E-state index contributed by atoms with van der Waals surface area (Å²) < 4.78 is 0. The summed E-state index contributed by atoms with van der Waals surface area (Å²) in [6.45, 7) is 1.96. The standard InChI is InChI=1S/C12H15ClO2/c1-9(8-12(14)15)2-3-10-4-6-11(13)7-5-10/h4-7,9H,2-3,8H2,1H3,(H,14,15). The van der Waals surface area contributed by atoms with Crippen molar-refractivity contribution in [3.8, 4) is 0 Å². The van der Waals surface area contributed by atoms with Crippen molar-refractivity contribution in [2.24, 2.45) is 5.92 Å². The number of carboxylic acid groups (broad SMARTS) is 1. The summed E-state index contributed by atoms with van der Waals surface area (Å²) >= 11 is 5.77. The highest BCUT2D eigenvalue weighted by atomic mass is 35.5. The number of benzene rings is 1. The maximum Gasteiger partial charge on any atom is 0.303 e. The second-order valence-electron chi connectivity index (χ2n) is 3.87. The first kappa shape index (κ1) is 12.1. The smallest absolute Gasteiger partial charge is 0.303 e. The number of carboxylic acids is 1. The summed E-state index contributed by atoms with van der Waals surface area (Å²) in [5.41, 5.74) is 1.21. The van der Waals surface area contributed by atoms with Crippen molar-refractivity contribution in [2.45, 2.75) is 26.2 Å². The summed E-state index contributed by atoms with van der Waals surface area (Å²) in [5, 5.41) is 9.33. The first-order valence-electron chi connectivity index (χ1n) is 5.04. The van der Waals surface area contributed by atoms with E-state index in [-0.39, 0.29) is 12.3 Å². The Labute approximate surface area is 94.9 Å². The van der Waals surface area contributed by atoms with Crippen molar-refractivity contribution in [1.29, 1.82) is 0 Å². The zero-order chi connectivity index (χ0) is 11.3. The molecule has 15 heavy (non-hydrogen) atoms. The van der Waals surface area contributed by atoms with Crippen LogP contribution in [0.3, 0.4) is 0 Å². The van der Waals surface area contributed by atoms with Crippen molar-refractivity contribution in [3.63, 3.8) is 0 Å². The van der Waals surface area contributed by atoms with E-state index in [1.54, 1.807) is 0 Å². The fourth-order valence-electron chi connectivity index (χ4n) is 1.46. The Morgan fingerprint density at radius 3 is 2.53 bits per heavy atom. The zero-order valence-electron chi connectivity index (χ0n) is 8.74. The molecule has 0 saturated heterocycles. The lowest BCUT2D eigenvalue weighted by atomic mass is 9.98. The van der Waals surface area contributed by atoms with Crippen molar-refractivity contribution < 1.29 is 9.90 Å². The molecule has 0 radical (unpaired) electrons. The van der Waals surface area contributed by atoms with Crippen molar-refractivity contribution in [3.05, 3.63) is 34.9 Å². The maximum absolute atomic E-state index is 10.4. The molecule has 0 spiro atoms. The summed E-state index contributed by atoms with van der Waals surface area (Å²) in [6.07, 6.45) is 2.05. The molecule has 1 N–H and O–H groups in total.